The van der Waals surface area contributed by atoms with E-state index in [2.05, 4.69) is 21.2 Å². The highest BCUT2D eigenvalue weighted by atomic mass is 79.9. The Labute approximate surface area is 116 Å². The fraction of sp³-hybridized carbons (Fsp3) is 0.200. The number of nitrogens with one attached hydrogen (secondary N) is 1. The molecule has 0 bridgehead atoms. The largest absolute Gasteiger partial charge is 0.355 e. The third-order valence-corrected chi connectivity index (χ3v) is 2.82. The molecule has 0 aliphatic heterocycles. The van der Waals surface area contributed by atoms with Gasteiger partial charge < -0.3 is 5.32 Å². The average molecular weight is 310 g/mol. The van der Waals surface area contributed by atoms with Crippen molar-refractivity contribution >= 4 is 27.3 Å². The Kier molecular flexibility index (Phi) is 5.86. The Balaban J connectivity index is 0.000000771. The van der Waals surface area contributed by atoms with E-state index >= 15 is 0 Å². The van der Waals surface area contributed by atoms with Crippen LogP contribution < -0.4 is 5.32 Å². The van der Waals surface area contributed by atoms with Crippen LogP contribution in [0.2, 0.25) is 0 Å². The molecule has 2 rings (SSSR count). The molecule has 0 unspecified atom stereocenters. The predicted molar refractivity (Wildman–Crippen MR) is 79.9 cm³/mol. The maximum absolute atomic E-state index is 12.7. The lowest BCUT2D eigenvalue weighted by Gasteiger charge is -2.09. The van der Waals surface area contributed by atoms with Gasteiger partial charge in [-0.15, -0.1) is 0 Å². The minimum atomic E-state index is -0.225. The van der Waals surface area contributed by atoms with Gasteiger partial charge in [0.2, 0.25) is 0 Å². The molecule has 0 heterocycles. The fourth-order valence-corrected chi connectivity index (χ4v) is 1.78. The first-order valence-electron chi connectivity index (χ1n) is 5.94. The van der Waals surface area contributed by atoms with Crippen molar-refractivity contribution in [3.63, 3.8) is 0 Å². The summed E-state index contributed by atoms with van der Waals surface area (Å²) in [5, 5.41) is 3.24. The van der Waals surface area contributed by atoms with Crippen LogP contribution in [0.4, 0.5) is 15.8 Å². The molecule has 0 amide bonds. The van der Waals surface area contributed by atoms with Gasteiger partial charge in [0.15, 0.2) is 0 Å². The molecule has 0 spiro atoms. The summed E-state index contributed by atoms with van der Waals surface area (Å²) in [6.45, 7) is 6.03. The smallest absolute Gasteiger partial charge is 0.123 e. The van der Waals surface area contributed by atoms with Gasteiger partial charge in [-0.25, -0.2) is 4.39 Å². The van der Waals surface area contributed by atoms with Crippen molar-refractivity contribution in [2.24, 2.45) is 0 Å². The quantitative estimate of drug-likeness (QED) is 0.754. The minimum absolute atomic E-state index is 0.225. The number of rotatable bonds is 2. The first-order valence-corrected chi connectivity index (χ1v) is 6.73. The Morgan fingerprint density at radius 1 is 1.00 bits per heavy atom. The van der Waals surface area contributed by atoms with Gasteiger partial charge in [-0.1, -0.05) is 35.8 Å². The summed E-state index contributed by atoms with van der Waals surface area (Å²) in [6.07, 6.45) is 0. The van der Waals surface area contributed by atoms with Gasteiger partial charge in [0.25, 0.3) is 0 Å². The van der Waals surface area contributed by atoms with Crippen LogP contribution >= 0.6 is 15.9 Å². The van der Waals surface area contributed by atoms with Crippen LogP contribution in [0.15, 0.2) is 46.9 Å². The van der Waals surface area contributed by atoms with Crippen LogP contribution in [0.5, 0.6) is 0 Å². The number of hydrogen-bond donors (Lipinski definition) is 1. The van der Waals surface area contributed by atoms with E-state index in [1.165, 1.54) is 12.1 Å². The zero-order valence-electron chi connectivity index (χ0n) is 10.8. The van der Waals surface area contributed by atoms with E-state index < -0.39 is 0 Å². The summed E-state index contributed by atoms with van der Waals surface area (Å²) < 4.78 is 13.7. The number of hydrogen-bond acceptors (Lipinski definition) is 1. The van der Waals surface area contributed by atoms with Crippen molar-refractivity contribution in [1.29, 1.82) is 0 Å². The molecule has 18 heavy (non-hydrogen) atoms. The third-order valence-electron chi connectivity index (χ3n) is 2.32. The average Bonchev–Trinajstić information content (AvgIpc) is 2.39. The van der Waals surface area contributed by atoms with E-state index in [9.17, 15) is 4.39 Å². The summed E-state index contributed by atoms with van der Waals surface area (Å²) in [4.78, 5) is 0. The molecule has 0 atom stereocenters. The van der Waals surface area contributed by atoms with Gasteiger partial charge in [0, 0.05) is 15.8 Å². The van der Waals surface area contributed by atoms with Gasteiger partial charge in [0.1, 0.15) is 5.82 Å². The molecule has 96 valence electrons. The van der Waals surface area contributed by atoms with Crippen LogP contribution in [0.3, 0.4) is 0 Å². The lowest BCUT2D eigenvalue weighted by molar-refractivity contribution is 0.628. The predicted octanol–water partition coefficient (Wildman–Crippen LogP) is 5.67. The van der Waals surface area contributed by atoms with Crippen LogP contribution in [0.1, 0.15) is 19.4 Å². The highest BCUT2D eigenvalue weighted by Gasteiger charge is 2.00. The van der Waals surface area contributed by atoms with Crippen molar-refractivity contribution < 1.29 is 4.39 Å². The van der Waals surface area contributed by atoms with E-state index in [0.29, 0.717) is 0 Å². The number of anilines is 2. The van der Waals surface area contributed by atoms with E-state index in [4.69, 9.17) is 0 Å². The van der Waals surface area contributed by atoms with Crippen LogP contribution in [0.25, 0.3) is 0 Å². The normalized spacial score (nSPS) is 9.39. The van der Waals surface area contributed by atoms with Crippen LogP contribution in [-0.2, 0) is 0 Å². The Hall–Kier alpha value is -1.35. The number of aryl methyl sites for hydroxylation is 1. The highest BCUT2D eigenvalue weighted by molar-refractivity contribution is 9.10. The highest BCUT2D eigenvalue weighted by Crippen LogP contribution is 2.24. The SMILES string of the molecule is CC.Cc1ccc(Br)cc1Nc1ccc(F)cc1. The molecule has 0 radical (unpaired) electrons. The van der Waals surface area contributed by atoms with E-state index in [-0.39, 0.29) is 5.82 Å². The molecule has 1 nitrogen and oxygen atoms in total. The second-order valence-corrected chi connectivity index (χ2v) is 4.51. The Bertz CT molecular complexity index is 494. The lowest BCUT2D eigenvalue weighted by Crippen LogP contribution is -1.93. The first-order chi connectivity index (χ1) is 8.65. The zero-order chi connectivity index (χ0) is 13.5. The molecule has 2 aromatic carbocycles. The topological polar surface area (TPSA) is 12.0 Å². The van der Waals surface area contributed by atoms with Gasteiger partial charge in [-0.3, -0.25) is 0 Å². The monoisotopic (exact) mass is 309 g/mol. The maximum Gasteiger partial charge on any atom is 0.123 e. The van der Waals surface area contributed by atoms with E-state index in [0.717, 1.165) is 21.4 Å². The van der Waals surface area contributed by atoms with E-state index in [1.807, 2.05) is 39.0 Å². The molecule has 0 aliphatic rings. The molecule has 0 aliphatic carbocycles. The Morgan fingerprint density at radius 2 is 1.61 bits per heavy atom. The second kappa shape index (κ2) is 7.17. The van der Waals surface area contributed by atoms with Gasteiger partial charge in [0.05, 0.1) is 0 Å². The fourth-order valence-electron chi connectivity index (χ4n) is 1.42. The zero-order valence-corrected chi connectivity index (χ0v) is 12.4. The Morgan fingerprint density at radius 3 is 2.22 bits per heavy atom. The van der Waals surface area contributed by atoms with Crippen molar-refractivity contribution in [1.82, 2.24) is 0 Å². The summed E-state index contributed by atoms with van der Waals surface area (Å²) in [6, 6.07) is 12.3. The molecular formula is C15H17BrFN. The van der Waals surface area contributed by atoms with Gasteiger partial charge >= 0.3 is 0 Å². The molecule has 0 saturated heterocycles. The number of benzene rings is 2. The van der Waals surface area contributed by atoms with Crippen molar-refractivity contribution in [2.45, 2.75) is 20.8 Å². The molecule has 0 aromatic heterocycles. The summed E-state index contributed by atoms with van der Waals surface area (Å²) >= 11 is 3.42. The van der Waals surface area contributed by atoms with Crippen LogP contribution in [-0.4, -0.2) is 0 Å². The summed E-state index contributed by atoms with van der Waals surface area (Å²) in [5.74, 6) is -0.225. The molecule has 0 fully saturated rings. The molecule has 3 heteroatoms. The molecule has 2 aromatic rings. The van der Waals surface area contributed by atoms with Crippen molar-refractivity contribution in [3.05, 3.63) is 58.3 Å². The standard InChI is InChI=1S/C13H11BrFN.C2H6/c1-9-2-3-10(14)8-13(9)16-12-6-4-11(15)5-7-12;1-2/h2-8,16H,1H3;1-2H3. The molecular weight excluding hydrogens is 293 g/mol. The summed E-state index contributed by atoms with van der Waals surface area (Å²) in [7, 11) is 0. The minimum Gasteiger partial charge on any atom is -0.355 e. The molecule has 1 N–H and O–H groups in total. The third kappa shape index (κ3) is 4.15. The maximum atomic E-state index is 12.7. The van der Waals surface area contributed by atoms with Gasteiger partial charge in [-0.2, -0.15) is 0 Å². The van der Waals surface area contributed by atoms with Crippen molar-refractivity contribution in [2.75, 3.05) is 5.32 Å². The first kappa shape index (κ1) is 14.7. The molecule has 0 saturated carbocycles. The lowest BCUT2D eigenvalue weighted by atomic mass is 10.2. The second-order valence-electron chi connectivity index (χ2n) is 3.59. The van der Waals surface area contributed by atoms with Crippen molar-refractivity contribution in [3.8, 4) is 0 Å². The van der Waals surface area contributed by atoms with Crippen LogP contribution in [0, 0.1) is 12.7 Å². The van der Waals surface area contributed by atoms with Gasteiger partial charge in [-0.05, 0) is 48.9 Å². The number of halogens is 2. The summed E-state index contributed by atoms with van der Waals surface area (Å²) in [5.41, 5.74) is 3.04. The van der Waals surface area contributed by atoms with E-state index in [1.54, 1.807) is 12.1 Å².